The first kappa shape index (κ1) is 79.8. The van der Waals surface area contributed by atoms with E-state index in [9.17, 15) is 14.4 Å². The number of ether oxygens (including phenoxy) is 3. The van der Waals surface area contributed by atoms with Crippen LogP contribution in [0.15, 0.2) is 72.9 Å². The fraction of sp³-hybridized carbons (Fsp3) is 0.805. The predicted octanol–water partition coefficient (Wildman–Crippen LogP) is 25.2. The first-order valence-corrected chi connectivity index (χ1v) is 36.4. The van der Waals surface area contributed by atoms with Gasteiger partial charge in [0.1, 0.15) is 13.2 Å². The highest BCUT2D eigenvalue weighted by atomic mass is 16.6. The zero-order valence-corrected chi connectivity index (χ0v) is 55.5. The normalized spacial score (nSPS) is 12.5. The zero-order chi connectivity index (χ0) is 59.9. The van der Waals surface area contributed by atoms with Gasteiger partial charge in [-0.1, -0.05) is 351 Å². The summed E-state index contributed by atoms with van der Waals surface area (Å²) in [5.41, 5.74) is 0. The third-order valence-corrected chi connectivity index (χ3v) is 16.2. The maximum absolute atomic E-state index is 12.9. The van der Waals surface area contributed by atoms with Crippen LogP contribution in [0.1, 0.15) is 380 Å². The molecular weight excluding hydrogens is 1020 g/mol. The van der Waals surface area contributed by atoms with Gasteiger partial charge in [0.15, 0.2) is 6.10 Å². The highest BCUT2D eigenvalue weighted by Gasteiger charge is 2.19. The highest BCUT2D eigenvalue weighted by molar-refractivity contribution is 5.71. The van der Waals surface area contributed by atoms with Crippen LogP contribution in [0, 0.1) is 0 Å². The van der Waals surface area contributed by atoms with Crippen molar-refractivity contribution in [2.75, 3.05) is 13.2 Å². The van der Waals surface area contributed by atoms with Crippen molar-refractivity contribution < 1.29 is 28.6 Å². The second kappa shape index (κ2) is 71.3. The van der Waals surface area contributed by atoms with Crippen molar-refractivity contribution in [2.45, 2.75) is 386 Å². The SMILES string of the molecule is CC/C=C\C/C=C\C/C=C\C/C=C\CCCCCCCCC(=O)OC(COC(=O)CCCCCCC/C=C\C/C=C\CCCC)COC(=O)CCCCCCCCCCCCCCCCCCCCCCCCCCCCCCCCCC. The fourth-order valence-corrected chi connectivity index (χ4v) is 10.7. The molecule has 0 bridgehead atoms. The Labute approximate surface area is 516 Å². The molecule has 0 spiro atoms. The molecule has 1 atom stereocenters. The van der Waals surface area contributed by atoms with E-state index in [4.69, 9.17) is 14.2 Å². The quantitative estimate of drug-likeness (QED) is 0.0261. The van der Waals surface area contributed by atoms with E-state index in [1.807, 2.05) is 0 Å². The van der Waals surface area contributed by atoms with Gasteiger partial charge in [0.05, 0.1) is 0 Å². The standard InChI is InChI=1S/C77H138O6/c1-4-7-10-13-16-19-22-25-28-30-32-33-34-35-36-37-38-39-40-41-42-43-44-46-47-49-52-55-58-61-64-67-70-76(79)82-73-74(72-81-75(78)69-66-63-60-57-54-51-27-24-21-18-15-12-9-6-3)83-77(80)71-68-65-62-59-56-53-50-48-45-31-29-26-23-20-17-14-11-8-5-2/h8,11,15,17-18,20,24,26-27,29,45,48,74H,4-7,9-10,12-14,16,19,21-23,25,28,30-44,46-47,49-73H2,1-3H3/b11-8-,18-15-,20-17-,27-24-,29-26-,48-45-. The lowest BCUT2D eigenvalue weighted by Crippen LogP contribution is -2.30. The largest absolute Gasteiger partial charge is 0.462 e. The molecule has 0 amide bonds. The van der Waals surface area contributed by atoms with Crippen LogP contribution >= 0.6 is 0 Å². The van der Waals surface area contributed by atoms with Gasteiger partial charge in [0, 0.05) is 19.3 Å². The van der Waals surface area contributed by atoms with Crippen LogP contribution in [-0.2, 0) is 28.6 Å². The van der Waals surface area contributed by atoms with E-state index in [0.29, 0.717) is 19.3 Å². The highest BCUT2D eigenvalue weighted by Crippen LogP contribution is 2.19. The molecular formula is C77H138O6. The summed E-state index contributed by atoms with van der Waals surface area (Å²) in [4.78, 5) is 38.4. The van der Waals surface area contributed by atoms with Gasteiger partial charge >= 0.3 is 17.9 Å². The summed E-state index contributed by atoms with van der Waals surface area (Å²) in [6.45, 7) is 6.52. The summed E-state index contributed by atoms with van der Waals surface area (Å²) in [6, 6.07) is 0. The molecule has 0 saturated carbocycles. The van der Waals surface area contributed by atoms with Gasteiger partial charge < -0.3 is 14.2 Å². The average molecular weight is 1160 g/mol. The second-order valence-corrected chi connectivity index (χ2v) is 24.5. The Morgan fingerprint density at radius 2 is 0.482 bits per heavy atom. The number of hydrogen-bond acceptors (Lipinski definition) is 6. The summed E-state index contributed by atoms with van der Waals surface area (Å²) in [5, 5.41) is 0. The van der Waals surface area contributed by atoms with Crippen molar-refractivity contribution in [1.29, 1.82) is 0 Å². The lowest BCUT2D eigenvalue weighted by Gasteiger charge is -2.18. The summed E-state index contributed by atoms with van der Waals surface area (Å²) >= 11 is 0. The summed E-state index contributed by atoms with van der Waals surface area (Å²) in [5.74, 6) is -0.892. The molecule has 0 aliphatic heterocycles. The number of unbranched alkanes of at least 4 members (excludes halogenated alkanes) is 44. The molecule has 0 N–H and O–H groups in total. The second-order valence-electron chi connectivity index (χ2n) is 24.5. The van der Waals surface area contributed by atoms with Gasteiger partial charge in [-0.15, -0.1) is 0 Å². The van der Waals surface area contributed by atoms with Crippen LogP contribution in [0.5, 0.6) is 0 Å². The molecule has 0 rings (SSSR count). The van der Waals surface area contributed by atoms with E-state index in [0.717, 1.165) is 116 Å². The van der Waals surface area contributed by atoms with Crippen LogP contribution in [0.3, 0.4) is 0 Å². The van der Waals surface area contributed by atoms with Crippen molar-refractivity contribution in [3.8, 4) is 0 Å². The Morgan fingerprint density at radius 1 is 0.253 bits per heavy atom. The van der Waals surface area contributed by atoms with Crippen molar-refractivity contribution in [2.24, 2.45) is 0 Å². The van der Waals surface area contributed by atoms with Gasteiger partial charge in [-0.3, -0.25) is 14.4 Å². The molecule has 6 nitrogen and oxygen atoms in total. The molecule has 0 aliphatic carbocycles. The number of esters is 3. The third kappa shape index (κ3) is 69.5. The smallest absolute Gasteiger partial charge is 0.306 e. The Bertz CT molecular complexity index is 1520. The van der Waals surface area contributed by atoms with Crippen molar-refractivity contribution in [3.63, 3.8) is 0 Å². The van der Waals surface area contributed by atoms with E-state index in [1.54, 1.807) is 0 Å². The lowest BCUT2D eigenvalue weighted by atomic mass is 10.0. The number of hydrogen-bond donors (Lipinski definition) is 0. The van der Waals surface area contributed by atoms with E-state index < -0.39 is 6.10 Å². The summed E-state index contributed by atoms with van der Waals surface area (Å²) in [6.07, 6.45) is 93.8. The van der Waals surface area contributed by atoms with E-state index >= 15 is 0 Å². The van der Waals surface area contributed by atoms with E-state index in [1.165, 1.54) is 225 Å². The monoisotopic (exact) mass is 1160 g/mol. The molecule has 0 saturated heterocycles. The maximum Gasteiger partial charge on any atom is 0.306 e. The van der Waals surface area contributed by atoms with E-state index in [-0.39, 0.29) is 31.1 Å². The minimum absolute atomic E-state index is 0.0830. The Morgan fingerprint density at radius 3 is 0.771 bits per heavy atom. The third-order valence-electron chi connectivity index (χ3n) is 16.2. The summed E-state index contributed by atoms with van der Waals surface area (Å²) < 4.78 is 17.0. The minimum Gasteiger partial charge on any atom is -0.462 e. The Balaban J connectivity index is 4.18. The average Bonchev–Trinajstić information content (AvgIpc) is 3.49. The van der Waals surface area contributed by atoms with Crippen LogP contribution < -0.4 is 0 Å². The summed E-state index contributed by atoms with van der Waals surface area (Å²) in [7, 11) is 0. The molecule has 0 radical (unpaired) electrons. The molecule has 83 heavy (non-hydrogen) atoms. The maximum atomic E-state index is 12.9. The van der Waals surface area contributed by atoms with Crippen molar-refractivity contribution in [1.82, 2.24) is 0 Å². The van der Waals surface area contributed by atoms with E-state index in [2.05, 4.69) is 93.7 Å². The number of carbonyl (C=O) groups is 3. The van der Waals surface area contributed by atoms with Crippen LogP contribution in [0.2, 0.25) is 0 Å². The molecule has 0 aromatic carbocycles. The molecule has 0 aliphatic rings. The molecule has 0 heterocycles. The van der Waals surface area contributed by atoms with Gasteiger partial charge in [-0.05, 0) is 83.5 Å². The minimum atomic E-state index is -0.790. The van der Waals surface area contributed by atoms with Crippen molar-refractivity contribution in [3.05, 3.63) is 72.9 Å². The van der Waals surface area contributed by atoms with Crippen LogP contribution in [0.4, 0.5) is 0 Å². The zero-order valence-electron chi connectivity index (χ0n) is 55.5. The number of carbonyl (C=O) groups excluding carboxylic acids is 3. The molecule has 0 aromatic rings. The van der Waals surface area contributed by atoms with Crippen LogP contribution in [0.25, 0.3) is 0 Å². The first-order valence-electron chi connectivity index (χ1n) is 36.4. The Kier molecular flexibility index (Phi) is 68.6. The van der Waals surface area contributed by atoms with Crippen molar-refractivity contribution >= 4 is 17.9 Å². The van der Waals surface area contributed by atoms with Gasteiger partial charge in [-0.25, -0.2) is 0 Å². The molecule has 0 aromatic heterocycles. The fourth-order valence-electron chi connectivity index (χ4n) is 10.7. The predicted molar refractivity (Wildman–Crippen MR) is 362 cm³/mol. The Hall–Kier alpha value is -3.15. The topological polar surface area (TPSA) is 78.9 Å². The molecule has 6 heteroatoms. The first-order chi connectivity index (χ1) is 41.0. The number of rotatable bonds is 67. The van der Waals surface area contributed by atoms with Gasteiger partial charge in [0.25, 0.3) is 0 Å². The van der Waals surface area contributed by atoms with Gasteiger partial charge in [0.2, 0.25) is 0 Å². The number of allylic oxidation sites excluding steroid dienone is 12. The lowest BCUT2D eigenvalue weighted by molar-refractivity contribution is -0.167. The van der Waals surface area contributed by atoms with Crippen LogP contribution in [-0.4, -0.2) is 37.2 Å². The van der Waals surface area contributed by atoms with Gasteiger partial charge in [-0.2, -0.15) is 0 Å². The molecule has 1 unspecified atom stereocenters. The molecule has 0 fully saturated rings. The molecule has 482 valence electrons.